The van der Waals surface area contributed by atoms with E-state index >= 15 is 0 Å². The largest absolute Gasteiger partial charge is 0.300 e. The van der Waals surface area contributed by atoms with Crippen LogP contribution >= 0.6 is 0 Å². The molecule has 10 nitrogen and oxygen atoms in total. The number of carbonyl (C=O) groups excluding carboxylic acids is 5. The van der Waals surface area contributed by atoms with Crippen molar-refractivity contribution in [3.8, 4) is 0 Å². The molecular formula is C39H39N5O5. The summed E-state index contributed by atoms with van der Waals surface area (Å²) in [5.74, 6) is 0.123. The van der Waals surface area contributed by atoms with Gasteiger partial charge < -0.3 is 0 Å². The molecule has 3 heterocycles. The van der Waals surface area contributed by atoms with Gasteiger partial charge in [-0.15, -0.1) is 10.2 Å². The molecule has 49 heavy (non-hydrogen) atoms. The zero-order chi connectivity index (χ0) is 34.4. The summed E-state index contributed by atoms with van der Waals surface area (Å²) in [6, 6.07) is 14.0. The average Bonchev–Trinajstić information content (AvgIpc) is 3.66. The molecule has 0 saturated heterocycles. The van der Waals surface area contributed by atoms with Crippen molar-refractivity contribution in [3.63, 3.8) is 0 Å². The van der Waals surface area contributed by atoms with Crippen LogP contribution < -0.4 is 0 Å². The Morgan fingerprint density at radius 2 is 1.67 bits per heavy atom. The van der Waals surface area contributed by atoms with Crippen LogP contribution in [0.4, 0.5) is 0 Å². The number of ketones is 3. The van der Waals surface area contributed by atoms with E-state index in [1.807, 2.05) is 31.2 Å². The molecule has 2 aromatic carbocycles. The smallest absolute Gasteiger partial charge is 0.262 e. The first-order valence-corrected chi connectivity index (χ1v) is 17.2. The number of aryl methyl sites for hydroxylation is 2. The predicted octanol–water partition coefficient (Wildman–Crippen LogP) is 6.13. The minimum Gasteiger partial charge on any atom is -0.300 e. The van der Waals surface area contributed by atoms with E-state index in [-0.39, 0.29) is 43.0 Å². The number of hydrogen-bond acceptors (Lipinski definition) is 8. The van der Waals surface area contributed by atoms with Crippen LogP contribution in [0.1, 0.15) is 121 Å². The number of amides is 2. The van der Waals surface area contributed by atoms with Crippen LogP contribution in [0.3, 0.4) is 0 Å². The molecular weight excluding hydrogens is 618 g/mol. The fraction of sp³-hybridized carbons (Fsp3) is 0.385. The first kappa shape index (κ1) is 32.4. The summed E-state index contributed by atoms with van der Waals surface area (Å²) >= 11 is 0. The summed E-state index contributed by atoms with van der Waals surface area (Å²) in [6.45, 7) is 6.22. The van der Waals surface area contributed by atoms with E-state index < -0.39 is 23.9 Å². The Kier molecular flexibility index (Phi) is 8.64. The molecule has 10 heteroatoms. The van der Waals surface area contributed by atoms with Gasteiger partial charge in [-0.25, -0.2) is 0 Å². The van der Waals surface area contributed by atoms with E-state index in [0.717, 1.165) is 58.1 Å². The number of hydrogen-bond donors (Lipinski definition) is 0. The van der Waals surface area contributed by atoms with Crippen molar-refractivity contribution < 1.29 is 24.0 Å². The summed E-state index contributed by atoms with van der Waals surface area (Å²) in [6.07, 6.45) is 4.28. The van der Waals surface area contributed by atoms with E-state index in [1.165, 1.54) is 11.1 Å². The third-order valence-corrected chi connectivity index (χ3v) is 10.3. The Morgan fingerprint density at radius 3 is 2.45 bits per heavy atom. The quantitative estimate of drug-likeness (QED) is 0.146. The number of fused-ring (bicyclic) bond motifs is 3. The number of aliphatic imine (C=N–C) groups is 1. The minimum absolute atomic E-state index is 0.103. The second-order valence-electron chi connectivity index (χ2n) is 13.6. The van der Waals surface area contributed by atoms with Crippen molar-refractivity contribution in [3.05, 3.63) is 99.2 Å². The standard InChI is InChI=1S/C39H39N5O5/c1-22-19-32-34(23(22)2)36(26-12-7-4-8-13-26)40-30(37-42-41-24(3)43(32)37)20-27(45)15-9-5-6-11-25-14-10-16-29-35(25)39(49)44(38(29)48)31-18-17-28(46)21-33(31)47/h4,7-8,10,12-14,16,30-31H,5-6,9,11,15,17-21H2,1-3H3. The number of aromatic nitrogens is 3. The van der Waals surface area contributed by atoms with E-state index in [1.54, 1.807) is 12.1 Å². The number of allylic oxidation sites excluding steroid dienone is 4. The van der Waals surface area contributed by atoms with Crippen molar-refractivity contribution in [2.75, 3.05) is 0 Å². The SMILES string of the molecule is CC1=C(C)C2=C(C1)n1c(C)nnc1C(CC(=O)CCCCCc1cccc3c1C(=O)N(C1CCC(=O)CC1=O)C3=O)N=C2c1ccccc1. The molecule has 7 rings (SSSR count). The molecule has 0 bridgehead atoms. The highest BCUT2D eigenvalue weighted by Crippen LogP contribution is 2.42. The fourth-order valence-electron chi connectivity index (χ4n) is 7.69. The maximum atomic E-state index is 13.5. The number of rotatable bonds is 10. The van der Waals surface area contributed by atoms with Gasteiger partial charge in [-0.3, -0.25) is 38.4 Å². The van der Waals surface area contributed by atoms with Crippen molar-refractivity contribution >= 4 is 40.6 Å². The molecule has 2 aliphatic heterocycles. The lowest BCUT2D eigenvalue weighted by molar-refractivity contribution is -0.132. The Balaban J connectivity index is 1.01. The topological polar surface area (TPSA) is 132 Å². The molecule has 1 aromatic heterocycles. The fourth-order valence-corrected chi connectivity index (χ4v) is 7.69. The predicted molar refractivity (Wildman–Crippen MR) is 183 cm³/mol. The van der Waals surface area contributed by atoms with Crippen molar-refractivity contribution in [1.82, 2.24) is 19.7 Å². The van der Waals surface area contributed by atoms with Gasteiger partial charge in [0.05, 0.1) is 29.3 Å². The molecule has 2 amide bonds. The highest BCUT2D eigenvalue weighted by atomic mass is 16.2. The summed E-state index contributed by atoms with van der Waals surface area (Å²) in [5, 5.41) is 8.92. The maximum Gasteiger partial charge on any atom is 0.262 e. The monoisotopic (exact) mass is 657 g/mol. The van der Waals surface area contributed by atoms with Crippen LogP contribution in [0.25, 0.3) is 5.70 Å². The minimum atomic E-state index is -0.885. The molecule has 2 atom stereocenters. The van der Waals surface area contributed by atoms with Gasteiger partial charge in [0.15, 0.2) is 11.6 Å². The maximum absolute atomic E-state index is 13.5. The lowest BCUT2D eigenvalue weighted by atomic mass is 9.92. The summed E-state index contributed by atoms with van der Waals surface area (Å²) < 4.78 is 2.10. The Bertz CT molecular complexity index is 2020. The van der Waals surface area contributed by atoms with Crippen LogP contribution in [0.2, 0.25) is 0 Å². The van der Waals surface area contributed by atoms with E-state index in [2.05, 4.69) is 40.7 Å². The van der Waals surface area contributed by atoms with Crippen LogP contribution in [0.15, 0.2) is 70.2 Å². The number of Topliss-reactive ketones (excluding diaryl/α,β-unsaturated/α-hetero) is 3. The van der Waals surface area contributed by atoms with Crippen LogP contribution in [0, 0.1) is 6.92 Å². The molecule has 1 fully saturated rings. The zero-order valence-corrected chi connectivity index (χ0v) is 28.1. The van der Waals surface area contributed by atoms with Gasteiger partial charge in [0, 0.05) is 42.5 Å². The van der Waals surface area contributed by atoms with Gasteiger partial charge in [0.1, 0.15) is 23.4 Å². The molecule has 0 N–H and O–H groups in total. The Morgan fingerprint density at radius 1 is 0.878 bits per heavy atom. The third kappa shape index (κ3) is 5.83. The summed E-state index contributed by atoms with van der Waals surface area (Å²) in [5.41, 5.74) is 8.02. The summed E-state index contributed by atoms with van der Waals surface area (Å²) in [4.78, 5) is 70.7. The van der Waals surface area contributed by atoms with Gasteiger partial charge in [-0.05, 0) is 63.7 Å². The van der Waals surface area contributed by atoms with E-state index in [0.29, 0.717) is 36.2 Å². The Labute approximate surface area is 285 Å². The second-order valence-corrected chi connectivity index (χ2v) is 13.6. The Hall–Kier alpha value is -5.12. The highest BCUT2D eigenvalue weighted by Gasteiger charge is 2.45. The lowest BCUT2D eigenvalue weighted by Gasteiger charge is -2.27. The van der Waals surface area contributed by atoms with Crippen LogP contribution in [0.5, 0.6) is 0 Å². The number of imide groups is 1. The molecule has 3 aromatic rings. The van der Waals surface area contributed by atoms with Crippen molar-refractivity contribution in [1.29, 1.82) is 0 Å². The van der Waals surface area contributed by atoms with Gasteiger partial charge >= 0.3 is 0 Å². The lowest BCUT2D eigenvalue weighted by Crippen LogP contribution is -2.47. The number of carbonyl (C=O) groups is 5. The first-order valence-electron chi connectivity index (χ1n) is 17.2. The van der Waals surface area contributed by atoms with Crippen molar-refractivity contribution in [2.24, 2.45) is 4.99 Å². The number of unbranched alkanes of at least 4 members (excludes halogenated alkanes) is 2. The molecule has 1 saturated carbocycles. The molecule has 0 spiro atoms. The van der Waals surface area contributed by atoms with Crippen LogP contribution in [-0.4, -0.2) is 60.6 Å². The van der Waals surface area contributed by atoms with Gasteiger partial charge in [-0.2, -0.15) is 0 Å². The molecule has 250 valence electrons. The van der Waals surface area contributed by atoms with Gasteiger partial charge in [0.2, 0.25) is 0 Å². The van der Waals surface area contributed by atoms with Crippen LogP contribution in [-0.2, 0) is 20.8 Å². The molecule has 2 unspecified atom stereocenters. The highest BCUT2D eigenvalue weighted by molar-refractivity contribution is 6.24. The molecule has 4 aliphatic rings. The van der Waals surface area contributed by atoms with E-state index in [9.17, 15) is 24.0 Å². The van der Waals surface area contributed by atoms with Gasteiger partial charge in [-0.1, -0.05) is 54.5 Å². The second kappa shape index (κ2) is 13.1. The number of benzene rings is 2. The number of nitrogens with zero attached hydrogens (tertiary/aromatic N) is 5. The molecule has 2 aliphatic carbocycles. The average molecular weight is 658 g/mol. The zero-order valence-electron chi connectivity index (χ0n) is 28.1. The normalized spacial score (nSPS) is 20.5. The molecule has 0 radical (unpaired) electrons. The van der Waals surface area contributed by atoms with E-state index in [4.69, 9.17) is 4.99 Å². The summed E-state index contributed by atoms with van der Waals surface area (Å²) in [7, 11) is 0. The third-order valence-electron chi connectivity index (χ3n) is 10.3. The van der Waals surface area contributed by atoms with Crippen molar-refractivity contribution in [2.45, 2.75) is 97.1 Å². The first-order chi connectivity index (χ1) is 23.6. The van der Waals surface area contributed by atoms with Gasteiger partial charge in [0.25, 0.3) is 11.8 Å².